The molecular weight excluding hydrogens is 559 g/mol. The molecule has 0 fully saturated rings. The first kappa shape index (κ1) is 28.0. The standard InChI is InChI=1S/C28H26Cl2N4O2S2/c1-28(2,3)36-27(35)33-26(34-38-25-5-4-14-37-25)32-16-22-15-23(18-6-10-20(29)11-7-18)24(17-31-22)19-8-12-21(30)13-9-19/h4-15,17H,16H2,1-3H3,(H2,32,33,34,35). The van der Waals surface area contributed by atoms with Crippen molar-refractivity contribution in [3.05, 3.63) is 94.0 Å². The lowest BCUT2D eigenvalue weighted by Crippen LogP contribution is -2.41. The highest BCUT2D eigenvalue weighted by atomic mass is 35.5. The van der Waals surface area contributed by atoms with Crippen LogP contribution in [0, 0.1) is 0 Å². The molecule has 10 heteroatoms. The van der Waals surface area contributed by atoms with Crippen LogP contribution in [0.1, 0.15) is 26.5 Å². The number of thiophene rings is 1. The maximum atomic E-state index is 12.4. The zero-order valence-electron chi connectivity index (χ0n) is 21.0. The molecule has 2 N–H and O–H groups in total. The number of halogens is 2. The fourth-order valence-corrected chi connectivity index (χ4v) is 5.03. The molecule has 38 heavy (non-hydrogen) atoms. The molecule has 0 saturated heterocycles. The van der Waals surface area contributed by atoms with E-state index in [-0.39, 0.29) is 12.5 Å². The van der Waals surface area contributed by atoms with Crippen LogP contribution in [0.2, 0.25) is 10.0 Å². The zero-order valence-corrected chi connectivity index (χ0v) is 24.1. The Morgan fingerprint density at radius 1 is 1.00 bits per heavy atom. The van der Waals surface area contributed by atoms with Crippen molar-refractivity contribution < 1.29 is 9.53 Å². The Balaban J connectivity index is 1.63. The van der Waals surface area contributed by atoms with E-state index in [4.69, 9.17) is 27.9 Å². The van der Waals surface area contributed by atoms with Gasteiger partial charge in [-0.25, -0.2) is 9.79 Å². The Hall–Kier alpha value is -3.04. The highest BCUT2D eigenvalue weighted by Gasteiger charge is 2.18. The van der Waals surface area contributed by atoms with Gasteiger partial charge in [0.2, 0.25) is 5.96 Å². The lowest BCUT2D eigenvalue weighted by Gasteiger charge is -2.20. The van der Waals surface area contributed by atoms with E-state index >= 15 is 0 Å². The van der Waals surface area contributed by atoms with Gasteiger partial charge < -0.3 is 4.74 Å². The lowest BCUT2D eigenvalue weighted by molar-refractivity contribution is 0.0562. The van der Waals surface area contributed by atoms with Gasteiger partial charge in [-0.15, -0.1) is 11.3 Å². The molecule has 1 amide bonds. The maximum Gasteiger partial charge on any atom is 0.414 e. The normalized spacial score (nSPS) is 11.8. The Bertz CT molecular complexity index is 1400. The molecule has 0 aliphatic heterocycles. The number of nitrogens with zero attached hydrogens (tertiary/aromatic N) is 2. The molecule has 196 valence electrons. The van der Waals surface area contributed by atoms with E-state index in [1.807, 2.05) is 99.1 Å². The molecule has 0 radical (unpaired) electrons. The van der Waals surface area contributed by atoms with Crippen molar-refractivity contribution in [3.8, 4) is 22.3 Å². The average Bonchev–Trinajstić information content (AvgIpc) is 3.39. The molecule has 0 unspecified atom stereocenters. The van der Waals surface area contributed by atoms with Crippen molar-refractivity contribution in [2.75, 3.05) is 0 Å². The summed E-state index contributed by atoms with van der Waals surface area (Å²) in [6.07, 6.45) is 1.23. The first-order valence-electron chi connectivity index (χ1n) is 11.7. The second-order valence-electron chi connectivity index (χ2n) is 9.16. The lowest BCUT2D eigenvalue weighted by atomic mass is 9.95. The molecule has 4 aromatic rings. The van der Waals surface area contributed by atoms with Gasteiger partial charge in [0.1, 0.15) is 5.60 Å². The Kier molecular flexibility index (Phi) is 9.33. The minimum atomic E-state index is -0.636. The van der Waals surface area contributed by atoms with Crippen molar-refractivity contribution in [1.29, 1.82) is 0 Å². The van der Waals surface area contributed by atoms with Gasteiger partial charge in [0.25, 0.3) is 0 Å². The summed E-state index contributed by atoms with van der Waals surface area (Å²) in [7, 11) is 0. The van der Waals surface area contributed by atoms with Gasteiger partial charge in [-0.3, -0.25) is 15.0 Å². The van der Waals surface area contributed by atoms with Crippen molar-refractivity contribution >= 4 is 58.5 Å². The molecule has 0 atom stereocenters. The Morgan fingerprint density at radius 2 is 1.63 bits per heavy atom. The van der Waals surface area contributed by atoms with Crippen molar-refractivity contribution in [2.45, 2.75) is 37.1 Å². The van der Waals surface area contributed by atoms with E-state index in [1.54, 1.807) is 11.3 Å². The van der Waals surface area contributed by atoms with Gasteiger partial charge >= 0.3 is 6.09 Å². The molecule has 2 heterocycles. The van der Waals surface area contributed by atoms with E-state index in [1.165, 1.54) is 11.9 Å². The number of hydrogen-bond donors (Lipinski definition) is 2. The summed E-state index contributed by atoms with van der Waals surface area (Å²) < 4.78 is 9.54. The van der Waals surface area contributed by atoms with Crippen LogP contribution in [0.3, 0.4) is 0 Å². The molecule has 2 aromatic carbocycles. The second kappa shape index (κ2) is 12.7. The molecule has 0 spiro atoms. The molecule has 0 saturated carbocycles. The van der Waals surface area contributed by atoms with Gasteiger partial charge in [-0.2, -0.15) is 0 Å². The summed E-state index contributed by atoms with van der Waals surface area (Å²) in [6, 6.07) is 21.2. The number of ether oxygens (including phenoxy) is 1. The van der Waals surface area contributed by atoms with Crippen LogP contribution in [0.25, 0.3) is 22.3 Å². The largest absolute Gasteiger partial charge is 0.444 e. The van der Waals surface area contributed by atoms with Crippen LogP contribution in [0.4, 0.5) is 4.79 Å². The minimum Gasteiger partial charge on any atom is -0.444 e. The highest BCUT2D eigenvalue weighted by molar-refractivity contribution is 7.99. The number of carbonyl (C=O) groups excluding carboxylic acids is 1. The number of rotatable bonds is 6. The average molecular weight is 586 g/mol. The highest BCUT2D eigenvalue weighted by Crippen LogP contribution is 2.33. The number of benzene rings is 2. The van der Waals surface area contributed by atoms with Gasteiger partial charge in [-0.05, 0) is 91.2 Å². The molecule has 0 aliphatic rings. The summed E-state index contributed by atoms with van der Waals surface area (Å²) >= 11 is 15.2. The van der Waals surface area contributed by atoms with Crippen LogP contribution < -0.4 is 10.0 Å². The quantitative estimate of drug-likeness (QED) is 0.135. The second-order valence-corrected chi connectivity index (χ2v) is 12.1. The number of carbonyl (C=O) groups is 1. The number of aromatic nitrogens is 1. The number of guanidine groups is 1. The summed E-state index contributed by atoms with van der Waals surface area (Å²) in [5.41, 5.74) is 4.00. The van der Waals surface area contributed by atoms with Crippen LogP contribution >= 0.6 is 46.5 Å². The summed E-state index contributed by atoms with van der Waals surface area (Å²) in [6.45, 7) is 5.65. The monoisotopic (exact) mass is 584 g/mol. The van der Waals surface area contributed by atoms with Gasteiger partial charge in [0, 0.05) is 21.8 Å². The topological polar surface area (TPSA) is 75.6 Å². The Labute approximate surface area is 240 Å². The number of pyridine rings is 1. The molecule has 4 rings (SSSR count). The van der Waals surface area contributed by atoms with Crippen molar-refractivity contribution in [3.63, 3.8) is 0 Å². The van der Waals surface area contributed by atoms with E-state index in [2.05, 4.69) is 20.0 Å². The third-order valence-electron chi connectivity index (χ3n) is 5.03. The predicted octanol–water partition coefficient (Wildman–Crippen LogP) is 8.46. The third kappa shape index (κ3) is 8.23. The van der Waals surface area contributed by atoms with E-state index < -0.39 is 11.7 Å². The first-order valence-corrected chi connectivity index (χ1v) is 14.1. The van der Waals surface area contributed by atoms with Crippen molar-refractivity contribution in [1.82, 2.24) is 15.0 Å². The van der Waals surface area contributed by atoms with Gasteiger partial charge in [0.05, 0.1) is 16.4 Å². The fourth-order valence-electron chi connectivity index (χ4n) is 3.39. The van der Waals surface area contributed by atoms with Crippen LogP contribution in [0.5, 0.6) is 0 Å². The summed E-state index contributed by atoms with van der Waals surface area (Å²) in [5.74, 6) is 0.272. The van der Waals surface area contributed by atoms with Gasteiger partial charge in [0.15, 0.2) is 0 Å². The predicted molar refractivity (Wildman–Crippen MR) is 159 cm³/mol. The van der Waals surface area contributed by atoms with Crippen LogP contribution in [-0.2, 0) is 11.3 Å². The van der Waals surface area contributed by atoms with Gasteiger partial charge in [-0.1, -0.05) is 53.5 Å². The summed E-state index contributed by atoms with van der Waals surface area (Å²) in [4.78, 5) is 21.7. The Morgan fingerprint density at radius 3 is 2.21 bits per heavy atom. The number of alkyl carbamates (subject to hydrolysis) is 1. The van der Waals surface area contributed by atoms with Crippen molar-refractivity contribution in [2.24, 2.45) is 4.99 Å². The molecule has 0 aliphatic carbocycles. The van der Waals surface area contributed by atoms with E-state index in [0.717, 1.165) is 32.2 Å². The van der Waals surface area contributed by atoms with Crippen LogP contribution in [-0.4, -0.2) is 22.6 Å². The molecular formula is C28H26Cl2N4O2S2. The SMILES string of the molecule is CC(C)(C)OC(=O)NC(=NCc1cc(-c2ccc(Cl)cc2)c(-c2ccc(Cl)cc2)cn1)NSc1cccs1. The minimum absolute atomic E-state index is 0.227. The fraction of sp³-hybridized carbons (Fsp3) is 0.179. The number of amides is 1. The maximum absolute atomic E-state index is 12.4. The van der Waals surface area contributed by atoms with Crippen LogP contribution in [0.15, 0.2) is 87.5 Å². The van der Waals surface area contributed by atoms with E-state index in [9.17, 15) is 4.79 Å². The molecule has 0 bridgehead atoms. The third-order valence-corrected chi connectivity index (χ3v) is 7.37. The smallest absolute Gasteiger partial charge is 0.414 e. The molecule has 6 nitrogen and oxygen atoms in total. The number of nitrogens with one attached hydrogen (secondary N) is 2. The zero-order chi connectivity index (χ0) is 27.1. The summed E-state index contributed by atoms with van der Waals surface area (Å²) in [5, 5.41) is 6.01. The number of hydrogen-bond acceptors (Lipinski definition) is 6. The molecule has 2 aromatic heterocycles. The number of aliphatic imine (C=N–C) groups is 1. The van der Waals surface area contributed by atoms with E-state index in [0.29, 0.717) is 10.0 Å². The first-order chi connectivity index (χ1) is 18.2.